The molecule has 146 valence electrons. The van der Waals surface area contributed by atoms with Crippen molar-refractivity contribution >= 4 is 11.6 Å². The highest BCUT2D eigenvalue weighted by atomic mass is 16.3. The Balaban J connectivity index is 1.57. The highest BCUT2D eigenvalue weighted by molar-refractivity contribution is 5.80. The van der Waals surface area contributed by atoms with Gasteiger partial charge in [-0.1, -0.05) is 12.1 Å². The van der Waals surface area contributed by atoms with Crippen LogP contribution < -0.4 is 10.2 Å². The fourth-order valence-electron chi connectivity index (χ4n) is 3.43. The summed E-state index contributed by atoms with van der Waals surface area (Å²) in [4.78, 5) is 11.1. The fourth-order valence-corrected chi connectivity index (χ4v) is 3.43. The third-order valence-corrected chi connectivity index (χ3v) is 4.96. The van der Waals surface area contributed by atoms with E-state index in [-0.39, 0.29) is 6.04 Å². The third kappa shape index (κ3) is 4.54. The highest BCUT2D eigenvalue weighted by Crippen LogP contribution is 2.27. The Morgan fingerprint density at radius 3 is 2.52 bits per heavy atom. The lowest BCUT2D eigenvalue weighted by Crippen LogP contribution is -2.53. The summed E-state index contributed by atoms with van der Waals surface area (Å²) in [5.74, 6) is 2.17. The molecule has 0 bridgehead atoms. The molecule has 0 radical (unpaired) electrons. The molecule has 7 heteroatoms. The van der Waals surface area contributed by atoms with Crippen molar-refractivity contribution < 1.29 is 9.52 Å². The lowest BCUT2D eigenvalue weighted by Gasteiger charge is -2.38. The van der Waals surface area contributed by atoms with E-state index in [1.807, 2.05) is 51.5 Å². The van der Waals surface area contributed by atoms with Crippen LogP contribution in [0.2, 0.25) is 0 Å². The Morgan fingerprint density at radius 1 is 1.19 bits per heavy atom. The Morgan fingerprint density at radius 2 is 1.93 bits per heavy atom. The average molecular weight is 371 g/mol. The van der Waals surface area contributed by atoms with Gasteiger partial charge in [-0.15, -0.1) is 0 Å². The first-order valence-electron chi connectivity index (χ1n) is 9.28. The Bertz CT molecular complexity index is 737. The molecule has 7 nitrogen and oxygen atoms in total. The van der Waals surface area contributed by atoms with Gasteiger partial charge in [-0.05, 0) is 38.4 Å². The van der Waals surface area contributed by atoms with E-state index >= 15 is 0 Å². The second kappa shape index (κ2) is 8.81. The zero-order valence-electron chi connectivity index (χ0n) is 16.3. The summed E-state index contributed by atoms with van der Waals surface area (Å²) in [5.41, 5.74) is 0.894. The van der Waals surface area contributed by atoms with E-state index in [1.54, 1.807) is 12.3 Å². The van der Waals surface area contributed by atoms with E-state index < -0.39 is 0 Å². The fraction of sp³-hybridized carbons (Fsp3) is 0.450. The van der Waals surface area contributed by atoms with Gasteiger partial charge < -0.3 is 24.6 Å². The Kier molecular flexibility index (Phi) is 6.24. The molecule has 1 aromatic heterocycles. The maximum Gasteiger partial charge on any atom is 0.193 e. The van der Waals surface area contributed by atoms with Gasteiger partial charge in [0, 0.05) is 39.8 Å². The van der Waals surface area contributed by atoms with Crippen LogP contribution in [-0.2, 0) is 0 Å². The van der Waals surface area contributed by atoms with E-state index in [0.29, 0.717) is 12.3 Å². The van der Waals surface area contributed by atoms with E-state index in [2.05, 4.69) is 25.0 Å². The summed E-state index contributed by atoms with van der Waals surface area (Å²) in [6.45, 7) is 4.09. The number of guanidine groups is 1. The molecule has 27 heavy (non-hydrogen) atoms. The molecule has 3 rings (SSSR count). The van der Waals surface area contributed by atoms with Crippen molar-refractivity contribution in [1.82, 2.24) is 15.1 Å². The van der Waals surface area contributed by atoms with Gasteiger partial charge in [0.1, 0.15) is 11.5 Å². The van der Waals surface area contributed by atoms with Gasteiger partial charge in [0.2, 0.25) is 0 Å². The number of nitrogens with zero attached hydrogens (tertiary/aromatic N) is 4. The number of nitrogens with one attached hydrogen (secondary N) is 1. The summed E-state index contributed by atoms with van der Waals surface area (Å²) in [6.07, 6.45) is 1.71. The second-order valence-electron chi connectivity index (χ2n) is 6.89. The summed E-state index contributed by atoms with van der Waals surface area (Å²) in [6, 6.07) is 11.6. The molecule has 1 aliphatic rings. The van der Waals surface area contributed by atoms with Crippen LogP contribution in [0.3, 0.4) is 0 Å². The van der Waals surface area contributed by atoms with Gasteiger partial charge in [0.25, 0.3) is 0 Å². The van der Waals surface area contributed by atoms with E-state index in [0.717, 1.165) is 43.6 Å². The average Bonchev–Trinajstić information content (AvgIpc) is 3.20. The number of hydrogen-bond donors (Lipinski definition) is 2. The van der Waals surface area contributed by atoms with Gasteiger partial charge in [-0.25, -0.2) is 0 Å². The van der Waals surface area contributed by atoms with Crippen molar-refractivity contribution in [3.05, 3.63) is 48.4 Å². The number of aromatic hydroxyl groups is 1. The molecule has 1 unspecified atom stereocenters. The minimum absolute atomic E-state index is 0.138. The van der Waals surface area contributed by atoms with E-state index in [1.165, 1.54) is 0 Å². The molecule has 2 heterocycles. The monoisotopic (exact) mass is 371 g/mol. The first kappa shape index (κ1) is 19.1. The Labute approximate surface area is 160 Å². The lowest BCUT2D eigenvalue weighted by molar-refractivity contribution is 0.255. The van der Waals surface area contributed by atoms with Crippen LogP contribution in [-0.4, -0.2) is 74.7 Å². The van der Waals surface area contributed by atoms with Crippen molar-refractivity contribution in [3.63, 3.8) is 0 Å². The van der Waals surface area contributed by atoms with Crippen LogP contribution >= 0.6 is 0 Å². The maximum atomic E-state index is 10.1. The van der Waals surface area contributed by atoms with Crippen LogP contribution in [0.15, 0.2) is 52.1 Å². The number of phenols is 1. The quantitative estimate of drug-likeness (QED) is 0.619. The predicted octanol–water partition coefficient (Wildman–Crippen LogP) is 1.99. The molecule has 1 saturated heterocycles. The first-order chi connectivity index (χ1) is 13.1. The number of furan rings is 1. The molecular weight excluding hydrogens is 342 g/mol. The largest absolute Gasteiger partial charge is 0.506 e. The zero-order chi connectivity index (χ0) is 19.2. The molecule has 0 saturated carbocycles. The van der Waals surface area contributed by atoms with E-state index in [4.69, 9.17) is 4.42 Å². The molecular formula is C20H29N5O2. The Hall–Kier alpha value is -2.67. The number of aliphatic imine (C=N–C) groups is 1. The smallest absolute Gasteiger partial charge is 0.193 e. The summed E-state index contributed by atoms with van der Waals surface area (Å²) >= 11 is 0. The molecule has 0 amide bonds. The van der Waals surface area contributed by atoms with Crippen molar-refractivity contribution in [2.75, 3.05) is 58.8 Å². The number of phenolic OH excluding ortho intramolecular Hbond substituents is 1. The highest BCUT2D eigenvalue weighted by Gasteiger charge is 2.23. The topological polar surface area (TPSA) is 67.5 Å². The van der Waals surface area contributed by atoms with Crippen LogP contribution in [0.1, 0.15) is 11.8 Å². The zero-order valence-corrected chi connectivity index (χ0v) is 16.3. The number of hydrogen-bond acceptors (Lipinski definition) is 5. The molecule has 1 atom stereocenters. The van der Waals surface area contributed by atoms with Crippen LogP contribution in [0.25, 0.3) is 0 Å². The number of piperazine rings is 1. The predicted molar refractivity (Wildman–Crippen MR) is 108 cm³/mol. The second-order valence-corrected chi connectivity index (χ2v) is 6.89. The van der Waals surface area contributed by atoms with Crippen molar-refractivity contribution in [2.24, 2.45) is 4.99 Å². The molecule has 0 aliphatic carbocycles. The minimum Gasteiger partial charge on any atom is -0.506 e. The molecule has 1 aliphatic heterocycles. The number of benzene rings is 1. The third-order valence-electron chi connectivity index (χ3n) is 4.96. The number of anilines is 1. The van der Waals surface area contributed by atoms with Gasteiger partial charge in [0.15, 0.2) is 5.96 Å². The van der Waals surface area contributed by atoms with Gasteiger partial charge >= 0.3 is 0 Å². The first-order valence-corrected chi connectivity index (χ1v) is 9.28. The summed E-state index contributed by atoms with van der Waals surface area (Å²) < 4.78 is 5.58. The molecule has 2 N–H and O–H groups in total. The summed E-state index contributed by atoms with van der Waals surface area (Å²) in [7, 11) is 5.90. The van der Waals surface area contributed by atoms with Gasteiger partial charge in [-0.2, -0.15) is 0 Å². The number of likely N-dealkylation sites (N-methyl/N-ethyl adjacent to an activating group) is 1. The standard InChI is InChI=1S/C20H29N5O2/c1-21-20(22-15-17(23(2)3)19-9-6-14-27-19)25-12-10-24(11-13-25)16-7-4-5-8-18(16)26/h4-9,14,17,26H,10-13,15H2,1-3H3,(H,21,22). The van der Waals surface area contributed by atoms with Gasteiger partial charge in [0.05, 0.1) is 18.0 Å². The summed E-state index contributed by atoms with van der Waals surface area (Å²) in [5, 5.41) is 13.5. The van der Waals surface area contributed by atoms with Crippen molar-refractivity contribution in [3.8, 4) is 5.75 Å². The molecule has 2 aromatic rings. The lowest BCUT2D eigenvalue weighted by atomic mass is 10.2. The van der Waals surface area contributed by atoms with Crippen LogP contribution in [0.4, 0.5) is 5.69 Å². The van der Waals surface area contributed by atoms with Gasteiger partial charge in [-0.3, -0.25) is 9.89 Å². The van der Waals surface area contributed by atoms with E-state index in [9.17, 15) is 5.11 Å². The SMILES string of the molecule is CN=C(NCC(c1ccco1)N(C)C)N1CCN(c2ccccc2O)CC1. The van der Waals surface area contributed by atoms with Crippen LogP contribution in [0, 0.1) is 0 Å². The molecule has 1 fully saturated rings. The molecule has 1 aromatic carbocycles. The molecule has 0 spiro atoms. The maximum absolute atomic E-state index is 10.1. The normalized spacial score (nSPS) is 16.7. The van der Waals surface area contributed by atoms with Crippen molar-refractivity contribution in [2.45, 2.75) is 6.04 Å². The number of para-hydroxylation sites is 2. The van der Waals surface area contributed by atoms with Crippen LogP contribution in [0.5, 0.6) is 5.75 Å². The van der Waals surface area contributed by atoms with Crippen molar-refractivity contribution in [1.29, 1.82) is 0 Å². The minimum atomic E-state index is 0.138. The number of rotatable bonds is 5.